The van der Waals surface area contributed by atoms with Crippen LogP contribution in [0.5, 0.6) is 0 Å². The summed E-state index contributed by atoms with van der Waals surface area (Å²) in [7, 11) is 0. The van der Waals surface area contributed by atoms with Crippen molar-refractivity contribution in [2.24, 2.45) is 0 Å². The third-order valence-corrected chi connectivity index (χ3v) is 3.17. The van der Waals surface area contributed by atoms with Crippen LogP contribution in [0, 0.1) is 17.5 Å². The molecule has 1 aromatic rings. The van der Waals surface area contributed by atoms with E-state index >= 15 is 0 Å². The Morgan fingerprint density at radius 2 is 1.89 bits per heavy atom. The van der Waals surface area contributed by atoms with Gasteiger partial charge in [-0.25, -0.2) is 13.2 Å². The normalized spacial score (nSPS) is 15.7. The summed E-state index contributed by atoms with van der Waals surface area (Å²) in [4.78, 5) is 11.6. The first-order valence-corrected chi connectivity index (χ1v) is 6.24. The minimum Gasteiger partial charge on any atom is -0.322 e. The van der Waals surface area contributed by atoms with Crippen molar-refractivity contribution >= 4 is 11.6 Å². The molecule has 104 valence electrons. The van der Waals surface area contributed by atoms with Gasteiger partial charge in [0.1, 0.15) is 5.82 Å². The number of hydrogen-bond acceptors (Lipinski definition) is 2. The number of anilines is 1. The number of nitrogens with one attached hydrogen (secondary N) is 2. The van der Waals surface area contributed by atoms with Gasteiger partial charge < -0.3 is 10.6 Å². The Labute approximate surface area is 109 Å². The van der Waals surface area contributed by atoms with Crippen molar-refractivity contribution in [3.8, 4) is 0 Å². The lowest BCUT2D eigenvalue weighted by Crippen LogP contribution is -2.34. The number of rotatable bonds is 4. The summed E-state index contributed by atoms with van der Waals surface area (Å²) in [5.41, 5.74) is -0.476. The zero-order valence-corrected chi connectivity index (χ0v) is 10.3. The Morgan fingerprint density at radius 3 is 2.58 bits per heavy atom. The molecule has 2 rings (SSSR count). The van der Waals surface area contributed by atoms with Crippen molar-refractivity contribution in [1.29, 1.82) is 0 Å². The highest BCUT2D eigenvalue weighted by Gasteiger charge is 2.17. The molecule has 1 amide bonds. The number of hydrogen-bond donors (Lipinski definition) is 2. The van der Waals surface area contributed by atoms with E-state index in [2.05, 4.69) is 10.6 Å². The van der Waals surface area contributed by atoms with E-state index in [-0.39, 0.29) is 6.54 Å². The fourth-order valence-electron chi connectivity index (χ4n) is 2.21. The molecule has 1 aromatic carbocycles. The zero-order chi connectivity index (χ0) is 13.8. The Hall–Kier alpha value is -1.56. The van der Waals surface area contributed by atoms with Gasteiger partial charge in [0.15, 0.2) is 11.6 Å². The molecule has 0 heterocycles. The summed E-state index contributed by atoms with van der Waals surface area (Å²) in [6.45, 7) is 0.00222. The number of benzene rings is 1. The molecule has 0 atom stereocenters. The van der Waals surface area contributed by atoms with Crippen molar-refractivity contribution in [3.05, 3.63) is 29.6 Å². The van der Waals surface area contributed by atoms with Crippen LogP contribution in [0.3, 0.4) is 0 Å². The third kappa shape index (κ3) is 3.70. The van der Waals surface area contributed by atoms with Gasteiger partial charge in [-0.2, -0.15) is 0 Å². The highest BCUT2D eigenvalue weighted by Crippen LogP contribution is 2.19. The van der Waals surface area contributed by atoms with Crippen LogP contribution in [0.15, 0.2) is 12.1 Å². The van der Waals surface area contributed by atoms with Gasteiger partial charge in [0, 0.05) is 18.2 Å². The molecular formula is C13H15F3N2O. The molecule has 0 aliphatic heterocycles. The predicted molar refractivity (Wildman–Crippen MR) is 65.2 cm³/mol. The van der Waals surface area contributed by atoms with E-state index in [1.165, 1.54) is 0 Å². The second-order valence-corrected chi connectivity index (χ2v) is 4.66. The van der Waals surface area contributed by atoms with E-state index < -0.39 is 29.0 Å². The molecule has 1 fully saturated rings. The first-order valence-electron chi connectivity index (χ1n) is 6.24. The first-order chi connectivity index (χ1) is 9.06. The Morgan fingerprint density at radius 1 is 1.21 bits per heavy atom. The maximum Gasteiger partial charge on any atom is 0.238 e. The quantitative estimate of drug-likeness (QED) is 0.827. The monoisotopic (exact) mass is 272 g/mol. The predicted octanol–water partition coefficient (Wildman–Crippen LogP) is 2.57. The van der Waals surface area contributed by atoms with E-state index in [4.69, 9.17) is 0 Å². The average Bonchev–Trinajstić information content (AvgIpc) is 2.86. The SMILES string of the molecule is O=C(CNC1CCCC1)Nc1cc(F)cc(F)c1F. The van der Waals surface area contributed by atoms with Crippen molar-refractivity contribution in [2.45, 2.75) is 31.7 Å². The Bertz CT molecular complexity index is 473. The van der Waals surface area contributed by atoms with Crippen molar-refractivity contribution < 1.29 is 18.0 Å². The Balaban J connectivity index is 1.91. The summed E-state index contributed by atoms with van der Waals surface area (Å²) in [5, 5.41) is 5.19. The van der Waals surface area contributed by atoms with Gasteiger partial charge in [-0.15, -0.1) is 0 Å². The zero-order valence-electron chi connectivity index (χ0n) is 10.3. The van der Waals surface area contributed by atoms with Gasteiger partial charge in [0.2, 0.25) is 5.91 Å². The van der Waals surface area contributed by atoms with E-state index in [0.717, 1.165) is 31.7 Å². The summed E-state index contributed by atoms with van der Waals surface area (Å²) >= 11 is 0. The van der Waals surface area contributed by atoms with Gasteiger partial charge in [-0.3, -0.25) is 4.79 Å². The molecule has 3 nitrogen and oxygen atoms in total. The summed E-state index contributed by atoms with van der Waals surface area (Å²) < 4.78 is 39.2. The van der Waals surface area contributed by atoms with Crippen LogP contribution in [0.4, 0.5) is 18.9 Å². The molecule has 0 radical (unpaired) electrons. The standard InChI is InChI=1S/C13H15F3N2O/c14-8-5-10(15)13(16)11(6-8)18-12(19)7-17-9-3-1-2-4-9/h5-6,9,17H,1-4,7H2,(H,18,19). The third-order valence-electron chi connectivity index (χ3n) is 3.17. The van der Waals surface area contributed by atoms with Gasteiger partial charge in [0.25, 0.3) is 0 Å². The molecular weight excluding hydrogens is 257 g/mol. The molecule has 0 unspecified atom stereocenters. The van der Waals surface area contributed by atoms with Gasteiger partial charge >= 0.3 is 0 Å². The molecule has 0 spiro atoms. The van der Waals surface area contributed by atoms with Gasteiger partial charge in [-0.1, -0.05) is 12.8 Å². The Kier molecular flexibility index (Phi) is 4.42. The van der Waals surface area contributed by atoms with E-state index in [9.17, 15) is 18.0 Å². The smallest absolute Gasteiger partial charge is 0.238 e. The number of carbonyl (C=O) groups is 1. The van der Waals surface area contributed by atoms with E-state index in [0.29, 0.717) is 12.1 Å². The summed E-state index contributed by atoms with van der Waals surface area (Å²) in [6.07, 6.45) is 4.28. The molecule has 1 saturated carbocycles. The molecule has 2 N–H and O–H groups in total. The van der Waals surface area contributed by atoms with Gasteiger partial charge in [-0.05, 0) is 12.8 Å². The van der Waals surface area contributed by atoms with E-state index in [1.807, 2.05) is 0 Å². The lowest BCUT2D eigenvalue weighted by Gasteiger charge is -2.12. The topological polar surface area (TPSA) is 41.1 Å². The summed E-state index contributed by atoms with van der Waals surface area (Å²) in [6, 6.07) is 1.48. The van der Waals surface area contributed by atoms with Crippen LogP contribution < -0.4 is 10.6 Å². The van der Waals surface area contributed by atoms with Crippen LogP contribution in [0.1, 0.15) is 25.7 Å². The van der Waals surface area contributed by atoms with Crippen LogP contribution >= 0.6 is 0 Å². The molecule has 1 aliphatic rings. The molecule has 0 saturated heterocycles. The molecule has 19 heavy (non-hydrogen) atoms. The first kappa shape index (κ1) is 13.9. The van der Waals surface area contributed by atoms with Crippen LogP contribution in [0.25, 0.3) is 0 Å². The van der Waals surface area contributed by atoms with Gasteiger partial charge in [0.05, 0.1) is 12.2 Å². The number of carbonyl (C=O) groups excluding carboxylic acids is 1. The van der Waals surface area contributed by atoms with Crippen molar-refractivity contribution in [2.75, 3.05) is 11.9 Å². The highest BCUT2D eigenvalue weighted by atomic mass is 19.2. The second-order valence-electron chi connectivity index (χ2n) is 4.66. The fourth-order valence-corrected chi connectivity index (χ4v) is 2.21. The number of halogens is 3. The minimum atomic E-state index is -1.32. The molecule has 0 aromatic heterocycles. The lowest BCUT2D eigenvalue weighted by atomic mass is 10.2. The fraction of sp³-hybridized carbons (Fsp3) is 0.462. The number of amides is 1. The van der Waals surface area contributed by atoms with E-state index in [1.54, 1.807) is 0 Å². The van der Waals surface area contributed by atoms with Crippen LogP contribution in [-0.4, -0.2) is 18.5 Å². The lowest BCUT2D eigenvalue weighted by molar-refractivity contribution is -0.115. The van der Waals surface area contributed by atoms with Crippen molar-refractivity contribution in [1.82, 2.24) is 5.32 Å². The summed E-state index contributed by atoms with van der Waals surface area (Å²) in [5.74, 6) is -4.02. The highest BCUT2D eigenvalue weighted by molar-refractivity contribution is 5.92. The molecule has 6 heteroatoms. The largest absolute Gasteiger partial charge is 0.322 e. The van der Waals surface area contributed by atoms with Crippen LogP contribution in [-0.2, 0) is 4.79 Å². The molecule has 1 aliphatic carbocycles. The second kappa shape index (κ2) is 6.06. The average molecular weight is 272 g/mol. The van der Waals surface area contributed by atoms with Crippen molar-refractivity contribution in [3.63, 3.8) is 0 Å². The van der Waals surface area contributed by atoms with Crippen LogP contribution in [0.2, 0.25) is 0 Å². The minimum absolute atomic E-state index is 0.00222. The maximum absolute atomic E-state index is 13.3. The maximum atomic E-state index is 13.3. The molecule has 0 bridgehead atoms.